The lowest BCUT2D eigenvalue weighted by molar-refractivity contribution is 0.617. The predicted molar refractivity (Wildman–Crippen MR) is 112 cm³/mol. The third-order valence-corrected chi connectivity index (χ3v) is 5.06. The Hall–Kier alpha value is -3.26. The molecular weight excluding hydrogens is 350 g/mol. The van der Waals surface area contributed by atoms with Crippen molar-refractivity contribution >= 4 is 0 Å². The lowest BCUT2D eigenvalue weighted by atomic mass is 9.97. The molecule has 2 heteroatoms. The van der Waals surface area contributed by atoms with Crippen LogP contribution in [0.25, 0.3) is 33.4 Å². The first kappa shape index (κ1) is 18.1. The Balaban J connectivity index is 1.63. The zero-order valence-electron chi connectivity index (χ0n) is 15.8. The minimum Gasteiger partial charge on any atom is -0.207 e. The molecule has 0 atom stereocenters. The van der Waals surface area contributed by atoms with Gasteiger partial charge in [-0.25, -0.2) is 8.78 Å². The molecule has 4 rings (SSSR count). The van der Waals surface area contributed by atoms with Crippen LogP contribution in [0.5, 0.6) is 0 Å². The number of rotatable bonds is 3. The van der Waals surface area contributed by atoms with E-state index < -0.39 is 0 Å². The molecule has 0 aromatic heterocycles. The molecule has 0 saturated heterocycles. The Morgan fingerprint density at radius 2 is 0.929 bits per heavy atom. The van der Waals surface area contributed by atoms with Crippen LogP contribution < -0.4 is 0 Å². The predicted octanol–water partition coefficient (Wildman–Crippen LogP) is 7.58. The van der Waals surface area contributed by atoms with Crippen molar-refractivity contribution in [3.05, 3.63) is 108 Å². The summed E-state index contributed by atoms with van der Waals surface area (Å²) in [6.07, 6.45) is 0. The smallest absolute Gasteiger partial charge is 0.131 e. The Bertz CT molecular complexity index is 1120. The van der Waals surface area contributed by atoms with Crippen LogP contribution in [0.4, 0.5) is 8.78 Å². The van der Waals surface area contributed by atoms with Gasteiger partial charge in [-0.1, -0.05) is 78.4 Å². The van der Waals surface area contributed by atoms with Gasteiger partial charge in [0.2, 0.25) is 0 Å². The summed E-state index contributed by atoms with van der Waals surface area (Å²) in [5, 5.41) is 0. The SMILES string of the molecule is Cc1ccc(-c2ccc(-c3ccc(-c4ccc(C)c(F)c4)c(F)c3)cc2)cc1. The van der Waals surface area contributed by atoms with Crippen molar-refractivity contribution in [3.8, 4) is 33.4 Å². The number of halogens is 2. The van der Waals surface area contributed by atoms with Gasteiger partial charge in [0.15, 0.2) is 0 Å². The van der Waals surface area contributed by atoms with Crippen LogP contribution in [0.15, 0.2) is 84.9 Å². The maximum absolute atomic E-state index is 14.7. The second-order valence-electron chi connectivity index (χ2n) is 7.10. The average Bonchev–Trinajstić information content (AvgIpc) is 2.71. The molecule has 28 heavy (non-hydrogen) atoms. The molecule has 0 nitrogen and oxygen atoms in total. The van der Waals surface area contributed by atoms with E-state index in [0.717, 1.165) is 22.3 Å². The highest BCUT2D eigenvalue weighted by Gasteiger charge is 2.09. The van der Waals surface area contributed by atoms with Crippen molar-refractivity contribution in [2.45, 2.75) is 13.8 Å². The summed E-state index contributed by atoms with van der Waals surface area (Å²) >= 11 is 0. The quantitative estimate of drug-likeness (QED) is 0.349. The van der Waals surface area contributed by atoms with Crippen LogP contribution in [0.2, 0.25) is 0 Å². The highest BCUT2D eigenvalue weighted by molar-refractivity contribution is 5.73. The fourth-order valence-corrected chi connectivity index (χ4v) is 3.29. The maximum atomic E-state index is 14.7. The molecule has 0 aliphatic carbocycles. The van der Waals surface area contributed by atoms with Gasteiger partial charge in [-0.15, -0.1) is 0 Å². The average molecular weight is 370 g/mol. The number of aryl methyl sites for hydroxylation is 2. The zero-order valence-corrected chi connectivity index (χ0v) is 15.8. The van der Waals surface area contributed by atoms with E-state index in [0.29, 0.717) is 16.7 Å². The fourth-order valence-electron chi connectivity index (χ4n) is 3.29. The summed E-state index contributed by atoms with van der Waals surface area (Å²) in [5.41, 5.74) is 6.73. The van der Waals surface area contributed by atoms with Gasteiger partial charge >= 0.3 is 0 Å². The van der Waals surface area contributed by atoms with Crippen LogP contribution in [0.3, 0.4) is 0 Å². The third-order valence-electron chi connectivity index (χ3n) is 5.06. The van der Waals surface area contributed by atoms with E-state index in [1.54, 1.807) is 25.1 Å². The van der Waals surface area contributed by atoms with Gasteiger partial charge < -0.3 is 0 Å². The van der Waals surface area contributed by atoms with Crippen molar-refractivity contribution in [2.75, 3.05) is 0 Å². The first-order valence-electron chi connectivity index (χ1n) is 9.25. The molecule has 0 amide bonds. The minimum absolute atomic E-state index is 0.326. The normalized spacial score (nSPS) is 10.9. The first-order chi connectivity index (χ1) is 13.5. The molecular formula is C26H20F2. The van der Waals surface area contributed by atoms with Crippen molar-refractivity contribution in [1.82, 2.24) is 0 Å². The van der Waals surface area contributed by atoms with Crippen LogP contribution in [-0.2, 0) is 0 Å². The molecule has 138 valence electrons. The molecule has 0 radical (unpaired) electrons. The topological polar surface area (TPSA) is 0 Å². The van der Waals surface area contributed by atoms with Crippen molar-refractivity contribution < 1.29 is 8.78 Å². The first-order valence-corrected chi connectivity index (χ1v) is 9.25. The molecule has 0 heterocycles. The summed E-state index contributed by atoms with van der Waals surface area (Å²) in [5.74, 6) is -0.684. The Kier molecular flexibility index (Phi) is 4.79. The number of hydrogen-bond acceptors (Lipinski definition) is 0. The van der Waals surface area contributed by atoms with Gasteiger partial charge in [0.1, 0.15) is 11.6 Å². The fraction of sp³-hybridized carbons (Fsp3) is 0.0769. The lowest BCUT2D eigenvalue weighted by Crippen LogP contribution is -1.89. The summed E-state index contributed by atoms with van der Waals surface area (Å²) in [6.45, 7) is 3.76. The Morgan fingerprint density at radius 1 is 0.464 bits per heavy atom. The van der Waals surface area contributed by atoms with Gasteiger partial charge in [-0.05, 0) is 59.4 Å². The van der Waals surface area contributed by atoms with E-state index in [4.69, 9.17) is 0 Å². The highest BCUT2D eigenvalue weighted by atomic mass is 19.1. The van der Waals surface area contributed by atoms with E-state index in [2.05, 4.69) is 31.2 Å². The second-order valence-corrected chi connectivity index (χ2v) is 7.10. The van der Waals surface area contributed by atoms with Crippen molar-refractivity contribution in [3.63, 3.8) is 0 Å². The van der Waals surface area contributed by atoms with Gasteiger partial charge in [0.25, 0.3) is 0 Å². The highest BCUT2D eigenvalue weighted by Crippen LogP contribution is 2.30. The molecule has 0 unspecified atom stereocenters. The van der Waals surface area contributed by atoms with Crippen molar-refractivity contribution in [2.24, 2.45) is 0 Å². The molecule has 0 N–H and O–H groups in total. The molecule has 0 aliphatic rings. The van der Waals surface area contributed by atoms with Crippen LogP contribution in [-0.4, -0.2) is 0 Å². The van der Waals surface area contributed by atoms with Gasteiger partial charge in [-0.3, -0.25) is 0 Å². The summed E-state index contributed by atoms with van der Waals surface area (Å²) in [6, 6.07) is 26.3. The monoisotopic (exact) mass is 370 g/mol. The van der Waals surface area contributed by atoms with E-state index in [9.17, 15) is 8.78 Å². The summed E-state index contributed by atoms with van der Waals surface area (Å²) in [7, 11) is 0. The van der Waals surface area contributed by atoms with Crippen LogP contribution >= 0.6 is 0 Å². The molecule has 0 fully saturated rings. The van der Waals surface area contributed by atoms with Gasteiger partial charge in [-0.2, -0.15) is 0 Å². The molecule has 4 aromatic carbocycles. The molecule has 0 spiro atoms. The molecule has 4 aromatic rings. The summed E-state index contributed by atoms with van der Waals surface area (Å²) < 4.78 is 28.5. The Morgan fingerprint density at radius 3 is 1.50 bits per heavy atom. The number of hydrogen-bond donors (Lipinski definition) is 0. The largest absolute Gasteiger partial charge is 0.207 e. The van der Waals surface area contributed by atoms with Crippen molar-refractivity contribution in [1.29, 1.82) is 0 Å². The van der Waals surface area contributed by atoms with Crippen LogP contribution in [0, 0.1) is 25.5 Å². The molecule has 0 bridgehead atoms. The van der Waals surface area contributed by atoms with E-state index in [1.165, 1.54) is 17.7 Å². The summed E-state index contributed by atoms with van der Waals surface area (Å²) in [4.78, 5) is 0. The number of benzene rings is 4. The second kappa shape index (κ2) is 7.40. The van der Waals surface area contributed by atoms with Gasteiger partial charge in [0, 0.05) is 5.56 Å². The maximum Gasteiger partial charge on any atom is 0.131 e. The standard InChI is InChI=1S/C26H20F2/c1-17-3-6-19(7-4-17)20-9-11-21(12-10-20)22-13-14-24(26(28)15-22)23-8-5-18(2)25(27)16-23/h3-16H,1-2H3. The van der Waals surface area contributed by atoms with Gasteiger partial charge in [0.05, 0.1) is 0 Å². The lowest BCUT2D eigenvalue weighted by Gasteiger charge is -2.09. The molecule has 0 aliphatic heterocycles. The van der Waals surface area contributed by atoms with E-state index >= 15 is 0 Å². The van der Waals surface area contributed by atoms with E-state index in [-0.39, 0.29) is 11.6 Å². The minimum atomic E-state index is -0.358. The van der Waals surface area contributed by atoms with Crippen LogP contribution in [0.1, 0.15) is 11.1 Å². The Labute approximate surface area is 164 Å². The zero-order chi connectivity index (χ0) is 19.7. The third kappa shape index (κ3) is 3.59. The molecule has 0 saturated carbocycles. The van der Waals surface area contributed by atoms with E-state index in [1.807, 2.05) is 30.3 Å².